The summed E-state index contributed by atoms with van der Waals surface area (Å²) in [5, 5.41) is 6.07. The molecule has 1 amide bonds. The number of nitrogens with one attached hydrogen (secondary N) is 2. The molecule has 2 N–H and O–H groups in total. The van der Waals surface area contributed by atoms with Crippen molar-refractivity contribution in [1.82, 2.24) is 9.97 Å². The van der Waals surface area contributed by atoms with Gasteiger partial charge in [0, 0.05) is 40.9 Å². The lowest BCUT2D eigenvalue weighted by atomic mass is 10.2. The zero-order valence-electron chi connectivity index (χ0n) is 12.7. The summed E-state index contributed by atoms with van der Waals surface area (Å²) in [4.78, 5) is 20.6. The van der Waals surface area contributed by atoms with E-state index in [-0.39, 0.29) is 5.91 Å². The molecule has 0 fully saturated rings. The Hall–Kier alpha value is -2.73. The molecule has 0 saturated heterocycles. The van der Waals surface area contributed by atoms with E-state index in [1.807, 2.05) is 36.4 Å². The summed E-state index contributed by atoms with van der Waals surface area (Å²) >= 11 is 3.37. The molecule has 120 valence electrons. The predicted octanol–water partition coefficient (Wildman–Crippen LogP) is 4.10. The average molecular weight is 383 g/mol. The lowest BCUT2D eigenvalue weighted by Gasteiger charge is -2.08. The maximum absolute atomic E-state index is 12.3. The van der Waals surface area contributed by atoms with Gasteiger partial charge in [-0.05, 0) is 54.1 Å². The Labute approximate surface area is 148 Å². The molecule has 2 heterocycles. The van der Waals surface area contributed by atoms with Crippen molar-refractivity contribution in [2.24, 2.45) is 0 Å². The zero-order valence-corrected chi connectivity index (χ0v) is 14.3. The van der Waals surface area contributed by atoms with E-state index in [0.717, 1.165) is 15.7 Å². The number of aromatic nitrogens is 2. The molecule has 5 nitrogen and oxygen atoms in total. The lowest BCUT2D eigenvalue weighted by molar-refractivity contribution is 0.102. The highest BCUT2D eigenvalue weighted by Crippen LogP contribution is 2.16. The molecule has 3 rings (SSSR count). The van der Waals surface area contributed by atoms with Gasteiger partial charge in [-0.25, -0.2) is 4.98 Å². The summed E-state index contributed by atoms with van der Waals surface area (Å²) in [5.74, 6) is 0.474. The largest absolute Gasteiger partial charge is 0.366 e. The molecular formula is C18H15BrN4O. The number of nitrogens with zero attached hydrogens (tertiary/aromatic N) is 2. The summed E-state index contributed by atoms with van der Waals surface area (Å²) in [6.07, 6.45) is 5.10. The van der Waals surface area contributed by atoms with Crippen molar-refractivity contribution < 1.29 is 4.79 Å². The number of anilines is 2. The summed E-state index contributed by atoms with van der Waals surface area (Å²) in [6.45, 7) is 0.618. The summed E-state index contributed by atoms with van der Waals surface area (Å²) < 4.78 is 0.965. The number of benzene rings is 1. The fourth-order valence-corrected chi connectivity index (χ4v) is 2.36. The monoisotopic (exact) mass is 382 g/mol. The standard InChI is InChI=1S/C18H15BrN4O/c19-15-1-3-16(4-2-15)23-18(24)14-7-10-21-17(11-14)22-12-13-5-8-20-9-6-13/h1-11H,12H2,(H,21,22)(H,23,24). The second-order valence-electron chi connectivity index (χ2n) is 5.10. The molecule has 6 heteroatoms. The van der Waals surface area contributed by atoms with Crippen LogP contribution in [0.25, 0.3) is 0 Å². The van der Waals surface area contributed by atoms with Crippen LogP contribution in [0.4, 0.5) is 11.5 Å². The summed E-state index contributed by atoms with van der Waals surface area (Å²) in [7, 11) is 0. The van der Waals surface area contributed by atoms with Crippen molar-refractivity contribution in [1.29, 1.82) is 0 Å². The fraction of sp³-hybridized carbons (Fsp3) is 0.0556. The van der Waals surface area contributed by atoms with E-state index in [0.29, 0.717) is 17.9 Å². The van der Waals surface area contributed by atoms with Crippen molar-refractivity contribution >= 4 is 33.3 Å². The van der Waals surface area contributed by atoms with E-state index in [1.54, 1.807) is 30.7 Å². The van der Waals surface area contributed by atoms with E-state index >= 15 is 0 Å². The second-order valence-corrected chi connectivity index (χ2v) is 6.02. The number of hydrogen-bond donors (Lipinski definition) is 2. The number of pyridine rings is 2. The maximum atomic E-state index is 12.3. The Morgan fingerprint density at radius 1 is 1.00 bits per heavy atom. The number of rotatable bonds is 5. The molecule has 0 aliphatic rings. The topological polar surface area (TPSA) is 66.9 Å². The van der Waals surface area contributed by atoms with Gasteiger partial charge >= 0.3 is 0 Å². The molecule has 1 aromatic carbocycles. The minimum atomic E-state index is -0.174. The first-order valence-corrected chi connectivity index (χ1v) is 8.16. The minimum absolute atomic E-state index is 0.174. The zero-order chi connectivity index (χ0) is 16.8. The molecule has 3 aromatic rings. The Bertz CT molecular complexity index is 822. The van der Waals surface area contributed by atoms with Crippen LogP contribution in [0.1, 0.15) is 15.9 Å². The van der Waals surface area contributed by atoms with Crippen LogP contribution >= 0.6 is 15.9 Å². The van der Waals surface area contributed by atoms with E-state index in [9.17, 15) is 4.79 Å². The average Bonchev–Trinajstić information content (AvgIpc) is 2.63. The molecule has 0 atom stereocenters. The van der Waals surface area contributed by atoms with Crippen LogP contribution in [-0.4, -0.2) is 15.9 Å². The van der Waals surface area contributed by atoms with E-state index in [4.69, 9.17) is 0 Å². The third-order valence-electron chi connectivity index (χ3n) is 3.35. The number of amides is 1. The molecule has 0 saturated carbocycles. The SMILES string of the molecule is O=C(Nc1ccc(Br)cc1)c1ccnc(NCc2ccncc2)c1. The van der Waals surface area contributed by atoms with Crippen LogP contribution < -0.4 is 10.6 Å². The Morgan fingerprint density at radius 2 is 1.75 bits per heavy atom. The normalized spacial score (nSPS) is 10.2. The Morgan fingerprint density at radius 3 is 2.50 bits per heavy atom. The first-order chi connectivity index (χ1) is 11.7. The molecule has 24 heavy (non-hydrogen) atoms. The van der Waals surface area contributed by atoms with Gasteiger partial charge in [-0.15, -0.1) is 0 Å². The van der Waals surface area contributed by atoms with Crippen molar-refractivity contribution in [2.75, 3.05) is 10.6 Å². The number of hydrogen-bond acceptors (Lipinski definition) is 4. The van der Waals surface area contributed by atoms with Gasteiger partial charge < -0.3 is 10.6 Å². The van der Waals surface area contributed by atoms with E-state index < -0.39 is 0 Å². The Balaban J connectivity index is 1.65. The number of carbonyl (C=O) groups is 1. The fourth-order valence-electron chi connectivity index (χ4n) is 2.10. The van der Waals surface area contributed by atoms with Gasteiger partial charge in [-0.3, -0.25) is 9.78 Å². The number of carbonyl (C=O) groups excluding carboxylic acids is 1. The van der Waals surface area contributed by atoms with Crippen LogP contribution in [0.2, 0.25) is 0 Å². The smallest absolute Gasteiger partial charge is 0.255 e. The molecular weight excluding hydrogens is 368 g/mol. The van der Waals surface area contributed by atoms with Gasteiger partial charge in [0.25, 0.3) is 5.91 Å². The van der Waals surface area contributed by atoms with Crippen molar-refractivity contribution in [2.45, 2.75) is 6.54 Å². The lowest BCUT2D eigenvalue weighted by Crippen LogP contribution is -2.12. The molecule has 0 aliphatic heterocycles. The van der Waals surface area contributed by atoms with Crippen LogP contribution in [0.3, 0.4) is 0 Å². The van der Waals surface area contributed by atoms with E-state index in [1.165, 1.54) is 0 Å². The van der Waals surface area contributed by atoms with Crippen LogP contribution in [0.5, 0.6) is 0 Å². The van der Waals surface area contributed by atoms with Gasteiger partial charge in [0.1, 0.15) is 5.82 Å². The van der Waals surface area contributed by atoms with Gasteiger partial charge in [0.15, 0.2) is 0 Å². The van der Waals surface area contributed by atoms with Gasteiger partial charge in [0.05, 0.1) is 0 Å². The van der Waals surface area contributed by atoms with E-state index in [2.05, 4.69) is 36.5 Å². The van der Waals surface area contributed by atoms with Crippen LogP contribution in [0, 0.1) is 0 Å². The quantitative estimate of drug-likeness (QED) is 0.696. The predicted molar refractivity (Wildman–Crippen MR) is 97.9 cm³/mol. The highest BCUT2D eigenvalue weighted by atomic mass is 79.9. The number of halogens is 1. The first-order valence-electron chi connectivity index (χ1n) is 7.36. The first kappa shape index (κ1) is 16.1. The molecule has 2 aromatic heterocycles. The molecule has 0 spiro atoms. The molecule has 0 unspecified atom stereocenters. The second kappa shape index (κ2) is 7.70. The molecule has 0 bridgehead atoms. The molecule has 0 radical (unpaired) electrons. The van der Waals surface area contributed by atoms with Gasteiger partial charge in [0.2, 0.25) is 0 Å². The minimum Gasteiger partial charge on any atom is -0.366 e. The van der Waals surface area contributed by atoms with Crippen molar-refractivity contribution in [3.05, 3.63) is 82.7 Å². The Kier molecular flexibility index (Phi) is 5.18. The third kappa shape index (κ3) is 4.39. The van der Waals surface area contributed by atoms with Gasteiger partial charge in [-0.1, -0.05) is 15.9 Å². The summed E-state index contributed by atoms with van der Waals surface area (Å²) in [5.41, 5.74) is 2.38. The maximum Gasteiger partial charge on any atom is 0.255 e. The van der Waals surface area contributed by atoms with Crippen LogP contribution in [-0.2, 0) is 6.54 Å². The molecule has 0 aliphatic carbocycles. The van der Waals surface area contributed by atoms with Gasteiger partial charge in [-0.2, -0.15) is 0 Å². The highest BCUT2D eigenvalue weighted by Gasteiger charge is 2.07. The van der Waals surface area contributed by atoms with Crippen molar-refractivity contribution in [3.8, 4) is 0 Å². The highest BCUT2D eigenvalue weighted by molar-refractivity contribution is 9.10. The van der Waals surface area contributed by atoms with Crippen molar-refractivity contribution in [3.63, 3.8) is 0 Å². The van der Waals surface area contributed by atoms with Crippen LogP contribution in [0.15, 0.2) is 71.6 Å². The summed E-state index contributed by atoms with van der Waals surface area (Å²) in [6, 6.07) is 14.7. The third-order valence-corrected chi connectivity index (χ3v) is 3.88.